The molecule has 0 aromatic heterocycles. The Morgan fingerprint density at radius 1 is 1.38 bits per heavy atom. The van der Waals surface area contributed by atoms with Gasteiger partial charge >= 0.3 is 0 Å². The molecule has 1 atom stereocenters. The van der Waals surface area contributed by atoms with Gasteiger partial charge in [-0.3, -0.25) is 9.59 Å². The normalized spacial score (nSPS) is 29.8. The van der Waals surface area contributed by atoms with Crippen molar-refractivity contribution in [3.8, 4) is 0 Å². The summed E-state index contributed by atoms with van der Waals surface area (Å²) in [5.74, 6) is -0.268. The first kappa shape index (κ1) is 14.3. The first-order valence-electron chi connectivity index (χ1n) is 7.37. The standard InChI is InChI=1S/C17H21NO3/c1-9-7-12-14(13(9)8-18-11(3)19)10(2)17(5-6-17)16(4,21)15(12)20/h7,21H,5-6,8H2,1-4H3,(H,18,19)/t16-/m0/s1. The predicted octanol–water partition coefficient (Wildman–Crippen LogP) is 1.81. The summed E-state index contributed by atoms with van der Waals surface area (Å²) in [4.78, 5) is 23.9. The summed E-state index contributed by atoms with van der Waals surface area (Å²) in [5.41, 5.74) is 2.94. The molecule has 0 heterocycles. The van der Waals surface area contributed by atoms with Crippen LogP contribution in [0.2, 0.25) is 0 Å². The lowest BCUT2D eigenvalue weighted by molar-refractivity contribution is -0.137. The maximum Gasteiger partial charge on any atom is 0.217 e. The Morgan fingerprint density at radius 2 is 2.00 bits per heavy atom. The third-order valence-corrected chi connectivity index (χ3v) is 5.38. The highest BCUT2D eigenvalue weighted by molar-refractivity contribution is 6.10. The van der Waals surface area contributed by atoms with Crippen LogP contribution in [0.5, 0.6) is 0 Å². The van der Waals surface area contributed by atoms with E-state index in [-0.39, 0.29) is 11.7 Å². The second-order valence-corrected chi connectivity index (χ2v) is 6.61. The number of rotatable bonds is 2. The molecule has 4 heteroatoms. The zero-order chi connectivity index (χ0) is 15.6. The SMILES string of the molecule is CC(=O)NCC1=C(C)C=C2C(=O)[C@](C)(O)C3(CC3)C(C)=C21. The van der Waals surface area contributed by atoms with E-state index >= 15 is 0 Å². The third-order valence-electron chi connectivity index (χ3n) is 5.38. The molecule has 1 amide bonds. The van der Waals surface area contributed by atoms with Gasteiger partial charge in [0.25, 0.3) is 0 Å². The number of amides is 1. The Hall–Kier alpha value is -1.68. The molecule has 0 radical (unpaired) electrons. The molecule has 4 nitrogen and oxygen atoms in total. The minimum absolute atomic E-state index is 0.0859. The largest absolute Gasteiger partial charge is 0.381 e. The van der Waals surface area contributed by atoms with Gasteiger partial charge in [-0.05, 0) is 56.4 Å². The zero-order valence-corrected chi connectivity index (χ0v) is 13.0. The first-order valence-corrected chi connectivity index (χ1v) is 7.37. The quantitative estimate of drug-likeness (QED) is 0.814. The van der Waals surface area contributed by atoms with Crippen molar-refractivity contribution in [2.45, 2.75) is 46.1 Å². The fourth-order valence-electron chi connectivity index (χ4n) is 3.85. The summed E-state index contributed by atoms with van der Waals surface area (Å²) in [6, 6.07) is 0. The van der Waals surface area contributed by atoms with Gasteiger partial charge in [-0.1, -0.05) is 5.57 Å². The minimum Gasteiger partial charge on any atom is -0.381 e. The van der Waals surface area contributed by atoms with E-state index in [1.54, 1.807) is 6.92 Å². The first-order chi connectivity index (χ1) is 9.72. The van der Waals surface area contributed by atoms with E-state index in [4.69, 9.17) is 0 Å². The van der Waals surface area contributed by atoms with Crippen molar-refractivity contribution >= 4 is 11.7 Å². The van der Waals surface area contributed by atoms with Crippen molar-refractivity contribution in [1.82, 2.24) is 5.32 Å². The topological polar surface area (TPSA) is 66.4 Å². The number of carbonyl (C=O) groups excluding carboxylic acids is 2. The number of ketones is 1. The Labute approximate surface area is 124 Å². The molecule has 0 aromatic carbocycles. The van der Waals surface area contributed by atoms with E-state index in [0.717, 1.165) is 35.1 Å². The molecule has 1 spiro atoms. The Morgan fingerprint density at radius 3 is 2.52 bits per heavy atom. The van der Waals surface area contributed by atoms with Crippen LogP contribution in [-0.2, 0) is 9.59 Å². The van der Waals surface area contributed by atoms with Crippen molar-refractivity contribution in [2.24, 2.45) is 5.41 Å². The number of allylic oxidation sites excluding steroid dienone is 2. The molecule has 3 rings (SSSR count). The van der Waals surface area contributed by atoms with Crippen LogP contribution in [0.15, 0.2) is 33.9 Å². The van der Waals surface area contributed by atoms with E-state index in [1.807, 2.05) is 19.9 Å². The smallest absolute Gasteiger partial charge is 0.217 e. The van der Waals surface area contributed by atoms with E-state index in [2.05, 4.69) is 5.32 Å². The molecule has 0 bridgehead atoms. The summed E-state index contributed by atoms with van der Waals surface area (Å²) >= 11 is 0. The second kappa shape index (κ2) is 4.17. The molecular formula is C17H21NO3. The van der Waals surface area contributed by atoms with Crippen molar-refractivity contribution < 1.29 is 14.7 Å². The lowest BCUT2D eigenvalue weighted by atomic mass is 9.67. The van der Waals surface area contributed by atoms with Gasteiger partial charge in [0, 0.05) is 24.5 Å². The summed E-state index contributed by atoms with van der Waals surface area (Å²) in [7, 11) is 0. The highest BCUT2D eigenvalue weighted by atomic mass is 16.3. The highest BCUT2D eigenvalue weighted by Crippen LogP contribution is 2.64. The fraction of sp³-hybridized carbons (Fsp3) is 0.529. The molecule has 0 aromatic rings. The molecule has 0 saturated heterocycles. The van der Waals surface area contributed by atoms with Crippen molar-refractivity contribution in [3.05, 3.63) is 33.9 Å². The Balaban J connectivity index is 2.10. The molecule has 0 unspecified atom stereocenters. The van der Waals surface area contributed by atoms with Crippen molar-refractivity contribution in [1.29, 1.82) is 0 Å². The summed E-state index contributed by atoms with van der Waals surface area (Å²) in [5, 5.41) is 13.5. The third kappa shape index (κ3) is 1.72. The van der Waals surface area contributed by atoms with E-state index in [1.165, 1.54) is 6.92 Å². The lowest BCUT2D eigenvalue weighted by Gasteiger charge is -2.39. The van der Waals surface area contributed by atoms with E-state index in [0.29, 0.717) is 12.1 Å². The van der Waals surface area contributed by atoms with E-state index < -0.39 is 11.0 Å². The fourth-order valence-corrected chi connectivity index (χ4v) is 3.85. The number of nitrogens with one attached hydrogen (secondary N) is 1. The van der Waals surface area contributed by atoms with Crippen LogP contribution >= 0.6 is 0 Å². The molecule has 3 aliphatic rings. The summed E-state index contributed by atoms with van der Waals surface area (Å²) in [6.07, 6.45) is 3.55. The molecule has 1 saturated carbocycles. The maximum atomic E-state index is 12.7. The molecule has 21 heavy (non-hydrogen) atoms. The molecule has 112 valence electrons. The molecule has 3 aliphatic carbocycles. The maximum absolute atomic E-state index is 12.7. The van der Waals surface area contributed by atoms with Gasteiger partial charge in [0.1, 0.15) is 5.60 Å². The summed E-state index contributed by atoms with van der Waals surface area (Å²) in [6.45, 7) is 7.53. The van der Waals surface area contributed by atoms with Gasteiger partial charge in [0.15, 0.2) is 5.78 Å². The van der Waals surface area contributed by atoms with Crippen LogP contribution in [0.25, 0.3) is 0 Å². The molecule has 1 fully saturated rings. The van der Waals surface area contributed by atoms with Gasteiger partial charge in [0.05, 0.1) is 0 Å². The number of aliphatic hydroxyl groups is 1. The van der Waals surface area contributed by atoms with Crippen LogP contribution < -0.4 is 5.32 Å². The van der Waals surface area contributed by atoms with Crippen LogP contribution in [0.4, 0.5) is 0 Å². The average Bonchev–Trinajstić information content (AvgIpc) is 3.14. The monoisotopic (exact) mass is 287 g/mol. The Kier molecular flexibility index (Phi) is 2.83. The van der Waals surface area contributed by atoms with Gasteiger partial charge < -0.3 is 10.4 Å². The van der Waals surface area contributed by atoms with Gasteiger partial charge in [-0.15, -0.1) is 0 Å². The van der Waals surface area contributed by atoms with E-state index in [9.17, 15) is 14.7 Å². The van der Waals surface area contributed by atoms with Gasteiger partial charge in [-0.25, -0.2) is 0 Å². The number of carbonyl (C=O) groups is 2. The zero-order valence-electron chi connectivity index (χ0n) is 13.0. The van der Waals surface area contributed by atoms with Gasteiger partial charge in [-0.2, -0.15) is 0 Å². The number of Topliss-reactive ketones (excluding diaryl/α,β-unsaturated/α-hetero) is 1. The highest BCUT2D eigenvalue weighted by Gasteiger charge is 2.64. The average molecular weight is 287 g/mol. The van der Waals surface area contributed by atoms with Crippen LogP contribution in [0.3, 0.4) is 0 Å². The van der Waals surface area contributed by atoms with Crippen molar-refractivity contribution in [3.63, 3.8) is 0 Å². The lowest BCUT2D eigenvalue weighted by Crippen LogP contribution is -2.49. The molecular weight excluding hydrogens is 266 g/mol. The Bertz CT molecular complexity index is 658. The molecule has 2 N–H and O–H groups in total. The number of hydrogen-bond acceptors (Lipinski definition) is 3. The summed E-state index contributed by atoms with van der Waals surface area (Å²) < 4.78 is 0. The minimum atomic E-state index is -1.31. The number of fused-ring (bicyclic) bond motifs is 1. The van der Waals surface area contributed by atoms with Gasteiger partial charge in [0.2, 0.25) is 5.91 Å². The second-order valence-electron chi connectivity index (χ2n) is 6.61. The van der Waals surface area contributed by atoms with Crippen LogP contribution in [-0.4, -0.2) is 28.9 Å². The molecule has 0 aliphatic heterocycles. The van der Waals surface area contributed by atoms with Crippen molar-refractivity contribution in [2.75, 3.05) is 6.54 Å². The predicted molar refractivity (Wildman–Crippen MR) is 79.5 cm³/mol. The number of hydrogen-bond donors (Lipinski definition) is 2. The van der Waals surface area contributed by atoms with Crippen LogP contribution in [0, 0.1) is 5.41 Å². The van der Waals surface area contributed by atoms with Crippen LogP contribution in [0.1, 0.15) is 40.5 Å².